The summed E-state index contributed by atoms with van der Waals surface area (Å²) in [5, 5.41) is 4.62. The van der Waals surface area contributed by atoms with Crippen LogP contribution in [0.15, 0.2) is 42.5 Å². The number of ether oxygens (including phenoxy) is 1. The number of hydrogen-bond acceptors (Lipinski definition) is 3. The lowest BCUT2D eigenvalue weighted by Gasteiger charge is -2.27. The zero-order valence-electron chi connectivity index (χ0n) is 14.0. The molecule has 1 unspecified atom stereocenters. The van der Waals surface area contributed by atoms with Crippen LogP contribution in [0.2, 0.25) is 0 Å². The van der Waals surface area contributed by atoms with Crippen molar-refractivity contribution >= 4 is 23.2 Å². The van der Waals surface area contributed by atoms with Crippen LogP contribution in [0.5, 0.6) is 0 Å². The van der Waals surface area contributed by atoms with Gasteiger partial charge in [-0.15, -0.1) is 0 Å². The van der Waals surface area contributed by atoms with E-state index in [1.807, 2.05) is 0 Å². The van der Waals surface area contributed by atoms with Crippen LogP contribution in [0, 0.1) is 11.6 Å². The van der Waals surface area contributed by atoms with Crippen LogP contribution >= 0.6 is 0 Å². The predicted octanol–water partition coefficient (Wildman–Crippen LogP) is 3.42. The first-order valence-electron chi connectivity index (χ1n) is 7.46. The third kappa shape index (κ3) is 4.00. The number of hydrogen-bond donors (Lipinski definition) is 2. The Labute approximate surface area is 144 Å². The highest BCUT2D eigenvalue weighted by Gasteiger charge is 2.35. The average Bonchev–Trinajstić information content (AvgIpc) is 2.58. The fourth-order valence-corrected chi connectivity index (χ4v) is 2.27. The Morgan fingerprint density at radius 3 is 2.08 bits per heavy atom. The highest BCUT2D eigenvalue weighted by atomic mass is 19.1. The van der Waals surface area contributed by atoms with Gasteiger partial charge < -0.3 is 15.4 Å². The molecule has 0 heterocycles. The maximum Gasteiger partial charge on any atom is 0.261 e. The second-order valence-corrected chi connectivity index (χ2v) is 5.55. The van der Waals surface area contributed by atoms with E-state index >= 15 is 0 Å². The van der Waals surface area contributed by atoms with Crippen molar-refractivity contribution in [2.45, 2.75) is 19.4 Å². The van der Waals surface area contributed by atoms with Crippen LogP contribution < -0.4 is 10.6 Å². The Hall–Kier alpha value is -2.80. The standard InChI is InChI=1S/C18H18F2N2O3/c1-11(23)21-15-10-16(14(20)9-13(15)19)22-17(24)18(2,25-3)12-7-5-4-6-8-12/h4-10H,1-3H3,(H,21,23)(H,22,24). The molecule has 2 amide bonds. The van der Waals surface area contributed by atoms with Gasteiger partial charge in [0, 0.05) is 20.1 Å². The van der Waals surface area contributed by atoms with Gasteiger partial charge in [0.1, 0.15) is 11.6 Å². The Balaban J connectivity index is 2.34. The van der Waals surface area contributed by atoms with Crippen molar-refractivity contribution in [3.8, 4) is 0 Å². The van der Waals surface area contributed by atoms with Gasteiger partial charge in [-0.3, -0.25) is 9.59 Å². The van der Waals surface area contributed by atoms with Crippen LogP contribution in [0.4, 0.5) is 20.2 Å². The molecule has 2 aromatic carbocycles. The van der Waals surface area contributed by atoms with Gasteiger partial charge in [0.25, 0.3) is 5.91 Å². The van der Waals surface area contributed by atoms with Gasteiger partial charge in [-0.1, -0.05) is 30.3 Å². The molecule has 2 N–H and O–H groups in total. The van der Waals surface area contributed by atoms with Crippen molar-refractivity contribution in [2.75, 3.05) is 17.7 Å². The normalized spacial score (nSPS) is 13.0. The third-order valence-electron chi connectivity index (χ3n) is 3.78. The number of carbonyl (C=O) groups excluding carboxylic acids is 2. The molecule has 0 fully saturated rings. The topological polar surface area (TPSA) is 67.4 Å². The summed E-state index contributed by atoms with van der Waals surface area (Å²) in [4.78, 5) is 23.7. The molecule has 2 rings (SSSR count). The van der Waals surface area contributed by atoms with Gasteiger partial charge in [0.05, 0.1) is 11.4 Å². The first-order valence-corrected chi connectivity index (χ1v) is 7.46. The molecule has 7 heteroatoms. The zero-order chi connectivity index (χ0) is 18.6. The second kappa shape index (κ2) is 7.40. The Bertz CT molecular complexity index is 796. The van der Waals surface area contributed by atoms with E-state index in [0.717, 1.165) is 6.07 Å². The van der Waals surface area contributed by atoms with Gasteiger partial charge in [0.2, 0.25) is 5.91 Å². The van der Waals surface area contributed by atoms with Gasteiger partial charge in [-0.2, -0.15) is 0 Å². The van der Waals surface area contributed by atoms with Gasteiger partial charge in [-0.05, 0) is 18.6 Å². The van der Waals surface area contributed by atoms with E-state index in [-0.39, 0.29) is 11.4 Å². The summed E-state index contributed by atoms with van der Waals surface area (Å²) in [5.41, 5.74) is -1.31. The Morgan fingerprint density at radius 1 is 1.00 bits per heavy atom. The molecule has 0 aromatic heterocycles. The van der Waals surface area contributed by atoms with Crippen LogP contribution in [-0.2, 0) is 19.9 Å². The second-order valence-electron chi connectivity index (χ2n) is 5.55. The monoisotopic (exact) mass is 348 g/mol. The smallest absolute Gasteiger partial charge is 0.261 e. The molecule has 0 spiro atoms. The minimum absolute atomic E-state index is 0.233. The number of carbonyl (C=O) groups is 2. The Kier molecular flexibility index (Phi) is 5.48. The van der Waals surface area contributed by atoms with Crippen molar-refractivity contribution in [3.63, 3.8) is 0 Å². The predicted molar refractivity (Wildman–Crippen MR) is 90.1 cm³/mol. The number of rotatable bonds is 5. The maximum absolute atomic E-state index is 14.0. The van der Waals surface area contributed by atoms with Gasteiger partial charge in [-0.25, -0.2) is 8.78 Å². The quantitative estimate of drug-likeness (QED) is 0.870. The van der Waals surface area contributed by atoms with E-state index in [9.17, 15) is 18.4 Å². The summed E-state index contributed by atoms with van der Waals surface area (Å²) >= 11 is 0. The molecule has 5 nitrogen and oxygen atoms in total. The summed E-state index contributed by atoms with van der Waals surface area (Å²) in [6, 6.07) is 10.3. The van der Waals surface area contributed by atoms with E-state index < -0.39 is 29.0 Å². The molecular formula is C18H18F2N2O3. The van der Waals surface area contributed by atoms with Crippen molar-refractivity contribution in [3.05, 3.63) is 59.7 Å². The lowest BCUT2D eigenvalue weighted by atomic mass is 9.94. The highest BCUT2D eigenvalue weighted by molar-refractivity contribution is 5.98. The molecule has 0 saturated heterocycles. The molecule has 0 bridgehead atoms. The molecule has 25 heavy (non-hydrogen) atoms. The summed E-state index contributed by atoms with van der Waals surface area (Å²) in [6.45, 7) is 2.73. The number of nitrogens with one attached hydrogen (secondary N) is 2. The number of methoxy groups -OCH3 is 1. The number of halogens is 2. The largest absolute Gasteiger partial charge is 0.364 e. The van der Waals surface area contributed by atoms with E-state index in [4.69, 9.17) is 4.74 Å². The minimum Gasteiger partial charge on any atom is -0.364 e. The highest BCUT2D eigenvalue weighted by Crippen LogP contribution is 2.29. The first-order chi connectivity index (χ1) is 11.8. The van der Waals surface area contributed by atoms with Crippen molar-refractivity contribution in [1.29, 1.82) is 0 Å². The van der Waals surface area contributed by atoms with E-state index in [1.54, 1.807) is 30.3 Å². The third-order valence-corrected chi connectivity index (χ3v) is 3.78. The molecule has 2 aromatic rings. The van der Waals surface area contributed by atoms with Crippen LogP contribution in [-0.4, -0.2) is 18.9 Å². The number of benzene rings is 2. The summed E-state index contributed by atoms with van der Waals surface area (Å²) < 4.78 is 33.1. The number of anilines is 2. The average molecular weight is 348 g/mol. The van der Waals surface area contributed by atoms with Gasteiger partial charge >= 0.3 is 0 Å². The van der Waals surface area contributed by atoms with Crippen molar-refractivity contribution in [1.82, 2.24) is 0 Å². The van der Waals surface area contributed by atoms with E-state index in [0.29, 0.717) is 11.6 Å². The van der Waals surface area contributed by atoms with E-state index in [1.165, 1.54) is 21.0 Å². The molecule has 0 radical (unpaired) electrons. The van der Waals surface area contributed by atoms with Crippen LogP contribution in [0.1, 0.15) is 19.4 Å². The molecule has 0 aliphatic rings. The molecule has 0 aliphatic carbocycles. The lowest BCUT2D eigenvalue weighted by Crippen LogP contribution is -2.39. The minimum atomic E-state index is -1.38. The fourth-order valence-electron chi connectivity index (χ4n) is 2.27. The molecule has 132 valence electrons. The lowest BCUT2D eigenvalue weighted by molar-refractivity contribution is -0.136. The van der Waals surface area contributed by atoms with Crippen LogP contribution in [0.25, 0.3) is 0 Å². The summed E-state index contributed by atoms with van der Waals surface area (Å²) in [5.74, 6) is -3.07. The molecular weight excluding hydrogens is 330 g/mol. The maximum atomic E-state index is 14.0. The van der Waals surface area contributed by atoms with E-state index in [2.05, 4.69) is 10.6 Å². The summed E-state index contributed by atoms with van der Waals surface area (Å²) in [7, 11) is 1.36. The SMILES string of the molecule is COC(C)(C(=O)Nc1cc(NC(C)=O)c(F)cc1F)c1ccccc1. The Morgan fingerprint density at radius 2 is 1.56 bits per heavy atom. The first kappa shape index (κ1) is 18.5. The molecule has 0 saturated carbocycles. The number of amides is 2. The van der Waals surface area contributed by atoms with Gasteiger partial charge in [0.15, 0.2) is 5.60 Å². The van der Waals surface area contributed by atoms with Crippen molar-refractivity contribution < 1.29 is 23.1 Å². The molecule has 1 atom stereocenters. The summed E-state index contributed by atoms with van der Waals surface area (Å²) in [6.07, 6.45) is 0. The molecule has 0 aliphatic heterocycles. The van der Waals surface area contributed by atoms with Crippen LogP contribution in [0.3, 0.4) is 0 Å². The fraction of sp³-hybridized carbons (Fsp3) is 0.222. The van der Waals surface area contributed by atoms with Crippen molar-refractivity contribution in [2.24, 2.45) is 0 Å². The zero-order valence-corrected chi connectivity index (χ0v) is 14.0.